The summed E-state index contributed by atoms with van der Waals surface area (Å²) in [4.78, 5) is 29.7. The lowest BCUT2D eigenvalue weighted by atomic mass is 10.1. The lowest BCUT2D eigenvalue weighted by molar-refractivity contribution is -0.143. The van der Waals surface area contributed by atoms with Gasteiger partial charge in [-0.1, -0.05) is 18.2 Å². The summed E-state index contributed by atoms with van der Waals surface area (Å²) in [6.07, 6.45) is 2.78. The van der Waals surface area contributed by atoms with Crippen LogP contribution in [-0.2, 0) is 22.4 Å². The second-order valence-corrected chi connectivity index (χ2v) is 8.73. The van der Waals surface area contributed by atoms with Gasteiger partial charge in [-0.2, -0.15) is 0 Å². The van der Waals surface area contributed by atoms with Gasteiger partial charge in [0.1, 0.15) is 6.61 Å². The van der Waals surface area contributed by atoms with Gasteiger partial charge >= 0.3 is 0 Å². The molecule has 2 heterocycles. The Balaban J connectivity index is 1.13. The zero-order valence-corrected chi connectivity index (χ0v) is 18.4. The number of nitrogens with one attached hydrogen (secondary N) is 1. The van der Waals surface area contributed by atoms with Crippen LogP contribution >= 0.6 is 0 Å². The van der Waals surface area contributed by atoms with E-state index in [4.69, 9.17) is 9.47 Å². The number of hydrogen-bond acceptors (Lipinski definition) is 5. The third kappa shape index (κ3) is 4.17. The van der Waals surface area contributed by atoms with Gasteiger partial charge in [-0.25, -0.2) is 0 Å². The van der Waals surface area contributed by atoms with Gasteiger partial charge in [0.05, 0.1) is 6.04 Å². The Morgan fingerprint density at radius 2 is 1.75 bits per heavy atom. The first-order valence-corrected chi connectivity index (χ1v) is 11.4. The van der Waals surface area contributed by atoms with E-state index in [1.807, 2.05) is 42.2 Å². The summed E-state index contributed by atoms with van der Waals surface area (Å²) in [6.45, 7) is 4.57. The van der Waals surface area contributed by atoms with E-state index in [-0.39, 0.29) is 24.5 Å². The molecule has 2 atom stereocenters. The second-order valence-electron chi connectivity index (χ2n) is 8.73. The first kappa shape index (κ1) is 20.8. The molecule has 0 aromatic heterocycles. The van der Waals surface area contributed by atoms with Gasteiger partial charge in [-0.15, -0.1) is 0 Å². The monoisotopic (exact) mass is 435 g/mol. The molecule has 32 heavy (non-hydrogen) atoms. The van der Waals surface area contributed by atoms with Gasteiger partial charge < -0.3 is 19.7 Å². The fourth-order valence-electron chi connectivity index (χ4n) is 4.74. The largest absolute Gasteiger partial charge is 0.485 e. The normalized spacial score (nSPS) is 21.0. The third-order valence-corrected chi connectivity index (χ3v) is 6.70. The molecule has 0 saturated carbocycles. The molecule has 1 aliphatic carbocycles. The van der Waals surface area contributed by atoms with E-state index in [2.05, 4.69) is 22.3 Å². The highest BCUT2D eigenvalue weighted by atomic mass is 16.6. The van der Waals surface area contributed by atoms with Gasteiger partial charge in [0.2, 0.25) is 12.0 Å². The zero-order chi connectivity index (χ0) is 22.1. The molecular formula is C25H29N3O4. The molecule has 5 rings (SSSR count). The Bertz CT molecular complexity index is 1020. The van der Waals surface area contributed by atoms with Crippen molar-refractivity contribution in [3.05, 3.63) is 53.6 Å². The molecule has 7 heteroatoms. The first-order chi connectivity index (χ1) is 15.6. The molecule has 2 aromatic rings. The molecule has 168 valence electrons. The number of nitrogens with zero attached hydrogens (tertiary/aromatic N) is 2. The predicted molar refractivity (Wildman–Crippen MR) is 121 cm³/mol. The van der Waals surface area contributed by atoms with Crippen molar-refractivity contribution in [3.63, 3.8) is 0 Å². The summed E-state index contributed by atoms with van der Waals surface area (Å²) < 4.78 is 11.6. The number of benzene rings is 2. The molecule has 7 nitrogen and oxygen atoms in total. The molecule has 0 unspecified atom stereocenters. The molecule has 2 aromatic carbocycles. The van der Waals surface area contributed by atoms with E-state index in [1.54, 1.807) is 0 Å². The Hall–Kier alpha value is -3.06. The van der Waals surface area contributed by atoms with Gasteiger partial charge in [-0.05, 0) is 61.6 Å². The highest BCUT2D eigenvalue weighted by molar-refractivity contribution is 5.94. The number of ether oxygens (including phenoxy) is 2. The summed E-state index contributed by atoms with van der Waals surface area (Å²) in [5.41, 5.74) is 3.61. The Morgan fingerprint density at radius 3 is 2.56 bits per heavy atom. The average Bonchev–Trinajstić information content (AvgIpc) is 3.31. The minimum atomic E-state index is -0.628. The van der Waals surface area contributed by atoms with Crippen molar-refractivity contribution in [2.75, 3.05) is 38.1 Å². The zero-order valence-electron chi connectivity index (χ0n) is 18.4. The molecule has 0 radical (unpaired) electrons. The minimum absolute atomic E-state index is 0.0108. The average molecular weight is 436 g/mol. The lowest BCUT2D eigenvalue weighted by Gasteiger charge is -2.39. The van der Waals surface area contributed by atoms with Crippen LogP contribution in [0.4, 0.5) is 5.69 Å². The molecule has 0 bridgehead atoms. The fraction of sp³-hybridized carbons (Fsp3) is 0.440. The fourth-order valence-corrected chi connectivity index (χ4v) is 4.74. The smallest absolute Gasteiger partial charge is 0.267 e. The number of carbonyl (C=O) groups excluding carboxylic acids is 2. The number of aryl methyl sites for hydroxylation is 2. The van der Waals surface area contributed by atoms with Crippen molar-refractivity contribution >= 4 is 17.5 Å². The van der Waals surface area contributed by atoms with Gasteiger partial charge in [0.15, 0.2) is 11.5 Å². The summed E-state index contributed by atoms with van der Waals surface area (Å²) in [6, 6.07) is 13.4. The van der Waals surface area contributed by atoms with E-state index in [0.717, 1.165) is 18.5 Å². The van der Waals surface area contributed by atoms with Crippen molar-refractivity contribution in [3.8, 4) is 11.5 Å². The Kier molecular flexibility index (Phi) is 5.74. The van der Waals surface area contributed by atoms with Crippen LogP contribution in [0.5, 0.6) is 11.5 Å². The van der Waals surface area contributed by atoms with Crippen LogP contribution in [0.3, 0.4) is 0 Å². The summed E-state index contributed by atoms with van der Waals surface area (Å²) in [7, 11) is 0. The highest BCUT2D eigenvalue weighted by Crippen LogP contribution is 2.31. The number of piperazine rings is 1. The Labute approximate surface area is 188 Å². The maximum Gasteiger partial charge on any atom is 0.267 e. The third-order valence-electron chi connectivity index (χ3n) is 6.70. The van der Waals surface area contributed by atoms with Crippen molar-refractivity contribution in [2.24, 2.45) is 0 Å². The van der Waals surface area contributed by atoms with Crippen LogP contribution in [0.15, 0.2) is 42.5 Å². The summed E-state index contributed by atoms with van der Waals surface area (Å²) >= 11 is 0. The predicted octanol–water partition coefficient (Wildman–Crippen LogP) is 2.49. The van der Waals surface area contributed by atoms with E-state index in [0.29, 0.717) is 37.7 Å². The van der Waals surface area contributed by atoms with Crippen molar-refractivity contribution in [2.45, 2.75) is 38.3 Å². The second kappa shape index (κ2) is 8.82. The van der Waals surface area contributed by atoms with E-state index in [1.165, 1.54) is 17.5 Å². The minimum Gasteiger partial charge on any atom is -0.485 e. The SMILES string of the molecule is C[C@H](C(=O)Nc1ccc2c(c1)CCC2)N1CCN(C(=O)[C@H]2COc3ccccc3O2)CC1. The summed E-state index contributed by atoms with van der Waals surface area (Å²) in [5, 5.41) is 3.07. The molecule has 1 fully saturated rings. The Morgan fingerprint density at radius 1 is 1.00 bits per heavy atom. The molecule has 2 aliphatic heterocycles. The quantitative estimate of drug-likeness (QED) is 0.799. The molecule has 3 aliphatic rings. The van der Waals surface area contributed by atoms with Crippen LogP contribution in [0.2, 0.25) is 0 Å². The van der Waals surface area contributed by atoms with Crippen LogP contribution in [0.1, 0.15) is 24.5 Å². The molecule has 1 N–H and O–H groups in total. The number of rotatable bonds is 4. The number of para-hydroxylation sites is 2. The first-order valence-electron chi connectivity index (χ1n) is 11.4. The van der Waals surface area contributed by atoms with Crippen LogP contribution < -0.4 is 14.8 Å². The number of amides is 2. The van der Waals surface area contributed by atoms with E-state index in [9.17, 15) is 9.59 Å². The van der Waals surface area contributed by atoms with E-state index >= 15 is 0 Å². The van der Waals surface area contributed by atoms with Crippen molar-refractivity contribution in [1.29, 1.82) is 0 Å². The maximum absolute atomic E-state index is 12.9. The maximum atomic E-state index is 12.9. The van der Waals surface area contributed by atoms with Crippen LogP contribution in [-0.4, -0.2) is 66.5 Å². The van der Waals surface area contributed by atoms with Crippen LogP contribution in [0, 0.1) is 0 Å². The number of anilines is 1. The lowest BCUT2D eigenvalue weighted by Crippen LogP contribution is -2.57. The number of carbonyl (C=O) groups is 2. The molecular weight excluding hydrogens is 406 g/mol. The van der Waals surface area contributed by atoms with Gasteiger partial charge in [-0.3, -0.25) is 14.5 Å². The van der Waals surface area contributed by atoms with Gasteiger partial charge in [0, 0.05) is 31.9 Å². The number of fused-ring (bicyclic) bond motifs is 2. The number of hydrogen-bond donors (Lipinski definition) is 1. The molecule has 0 spiro atoms. The van der Waals surface area contributed by atoms with Crippen LogP contribution in [0.25, 0.3) is 0 Å². The van der Waals surface area contributed by atoms with Crippen molar-refractivity contribution in [1.82, 2.24) is 9.80 Å². The molecule has 2 amide bonds. The van der Waals surface area contributed by atoms with Gasteiger partial charge in [0.25, 0.3) is 5.91 Å². The standard InChI is InChI=1S/C25H29N3O4/c1-17(24(29)26-20-10-9-18-5-4-6-19(18)15-20)27-11-13-28(14-12-27)25(30)23-16-31-21-7-2-3-8-22(21)32-23/h2-3,7-10,15,17,23H,4-6,11-14,16H2,1H3,(H,26,29)/t17-,23-/m1/s1. The topological polar surface area (TPSA) is 71.1 Å². The van der Waals surface area contributed by atoms with Crippen molar-refractivity contribution < 1.29 is 19.1 Å². The van der Waals surface area contributed by atoms with E-state index < -0.39 is 6.10 Å². The highest BCUT2D eigenvalue weighted by Gasteiger charge is 2.34. The summed E-state index contributed by atoms with van der Waals surface area (Å²) in [5.74, 6) is 1.20. The molecule has 1 saturated heterocycles.